The van der Waals surface area contributed by atoms with Crippen LogP contribution in [0.2, 0.25) is 0 Å². The lowest BCUT2D eigenvalue weighted by Gasteiger charge is -2.21. The highest BCUT2D eigenvalue weighted by atomic mass is 19.1. The third-order valence-electron chi connectivity index (χ3n) is 2.97. The molecule has 1 N–H and O–H groups in total. The first-order valence-corrected chi connectivity index (χ1v) is 6.78. The topological polar surface area (TPSA) is 21.3 Å². The van der Waals surface area contributed by atoms with Gasteiger partial charge in [0.25, 0.3) is 0 Å². The summed E-state index contributed by atoms with van der Waals surface area (Å²) < 4.78 is 19.5. The van der Waals surface area contributed by atoms with Crippen LogP contribution in [0.4, 0.5) is 4.39 Å². The molecule has 2 atom stereocenters. The van der Waals surface area contributed by atoms with E-state index < -0.39 is 0 Å². The average Bonchev–Trinajstić information content (AvgIpc) is 2.36. The molecule has 0 aliphatic carbocycles. The van der Waals surface area contributed by atoms with E-state index in [1.54, 1.807) is 6.07 Å². The van der Waals surface area contributed by atoms with Crippen LogP contribution in [0.1, 0.15) is 45.2 Å². The molecule has 0 aliphatic rings. The van der Waals surface area contributed by atoms with Gasteiger partial charge in [0, 0.05) is 5.56 Å². The van der Waals surface area contributed by atoms with E-state index in [1.807, 2.05) is 19.1 Å². The largest absolute Gasteiger partial charge is 0.377 e. The maximum Gasteiger partial charge on any atom is 0.128 e. The number of likely N-dealkylation sites (N-methyl/N-ethyl adjacent to an activating group) is 1. The summed E-state index contributed by atoms with van der Waals surface area (Å²) in [4.78, 5) is 0. The Labute approximate surface area is 110 Å². The lowest BCUT2D eigenvalue weighted by Crippen LogP contribution is -2.28. The Bertz CT molecular complexity index is 343. The summed E-state index contributed by atoms with van der Waals surface area (Å²) in [5, 5.41) is 3.27. The van der Waals surface area contributed by atoms with Crippen LogP contribution in [0.3, 0.4) is 0 Å². The molecule has 0 aromatic heterocycles. The molecule has 3 heteroatoms. The second kappa shape index (κ2) is 8.22. The van der Waals surface area contributed by atoms with Gasteiger partial charge in [-0.25, -0.2) is 4.39 Å². The van der Waals surface area contributed by atoms with E-state index in [9.17, 15) is 4.39 Å². The van der Waals surface area contributed by atoms with Crippen molar-refractivity contribution in [3.8, 4) is 0 Å². The molecule has 0 fully saturated rings. The number of rotatable bonds is 8. The molecule has 2 nitrogen and oxygen atoms in total. The molecule has 0 saturated heterocycles. The third kappa shape index (κ3) is 4.75. The number of halogens is 1. The molecule has 0 saturated carbocycles. The van der Waals surface area contributed by atoms with Gasteiger partial charge in [-0.3, -0.25) is 0 Å². The molecule has 0 radical (unpaired) electrons. The van der Waals surface area contributed by atoms with Crippen LogP contribution in [0.25, 0.3) is 0 Å². The van der Waals surface area contributed by atoms with E-state index in [0.29, 0.717) is 12.2 Å². The molecule has 1 aromatic carbocycles. The van der Waals surface area contributed by atoms with E-state index in [1.165, 1.54) is 6.07 Å². The molecule has 0 heterocycles. The highest BCUT2D eigenvalue weighted by Gasteiger charge is 2.15. The fourth-order valence-corrected chi connectivity index (χ4v) is 2.01. The van der Waals surface area contributed by atoms with Gasteiger partial charge in [0.15, 0.2) is 0 Å². The lowest BCUT2D eigenvalue weighted by molar-refractivity contribution is 0.0436. The van der Waals surface area contributed by atoms with Crippen LogP contribution in [0.5, 0.6) is 0 Å². The third-order valence-corrected chi connectivity index (χ3v) is 2.97. The van der Waals surface area contributed by atoms with Crippen LogP contribution >= 0.6 is 0 Å². The fourth-order valence-electron chi connectivity index (χ4n) is 2.01. The zero-order valence-electron chi connectivity index (χ0n) is 11.6. The van der Waals surface area contributed by atoms with Crippen molar-refractivity contribution in [1.82, 2.24) is 5.32 Å². The Morgan fingerprint density at radius 2 is 2.00 bits per heavy atom. The zero-order valence-corrected chi connectivity index (χ0v) is 11.6. The standard InChI is InChI=1S/C15H24FNO/c1-4-8-12(3)18-11-15(17-5-2)13-9-6-7-10-14(13)16/h6-7,9-10,12,15,17H,4-5,8,11H2,1-3H3. The normalized spacial score (nSPS) is 14.4. The summed E-state index contributed by atoms with van der Waals surface area (Å²) in [5.41, 5.74) is 0.683. The second-order valence-electron chi connectivity index (χ2n) is 4.56. The first kappa shape index (κ1) is 15.1. The molecule has 0 bridgehead atoms. The van der Waals surface area contributed by atoms with Crippen molar-refractivity contribution in [3.63, 3.8) is 0 Å². The summed E-state index contributed by atoms with van der Waals surface area (Å²) in [6.45, 7) is 7.52. The predicted molar refractivity (Wildman–Crippen MR) is 73.1 cm³/mol. The van der Waals surface area contributed by atoms with Gasteiger partial charge in [0.1, 0.15) is 5.82 Å². The first-order chi connectivity index (χ1) is 8.69. The van der Waals surface area contributed by atoms with Crippen LogP contribution < -0.4 is 5.32 Å². The van der Waals surface area contributed by atoms with Gasteiger partial charge < -0.3 is 10.1 Å². The van der Waals surface area contributed by atoms with Crippen LogP contribution in [0, 0.1) is 5.82 Å². The highest BCUT2D eigenvalue weighted by molar-refractivity contribution is 5.21. The van der Waals surface area contributed by atoms with Crippen LogP contribution in [0.15, 0.2) is 24.3 Å². The number of benzene rings is 1. The van der Waals surface area contributed by atoms with Crippen molar-refractivity contribution >= 4 is 0 Å². The zero-order chi connectivity index (χ0) is 13.4. The van der Waals surface area contributed by atoms with Crippen molar-refractivity contribution < 1.29 is 9.13 Å². The second-order valence-corrected chi connectivity index (χ2v) is 4.56. The Balaban J connectivity index is 2.62. The minimum absolute atomic E-state index is 0.0736. The van der Waals surface area contributed by atoms with E-state index in [0.717, 1.165) is 19.4 Å². The molecular weight excluding hydrogens is 229 g/mol. The number of hydrogen-bond donors (Lipinski definition) is 1. The smallest absolute Gasteiger partial charge is 0.128 e. The molecule has 102 valence electrons. The molecule has 0 aliphatic heterocycles. The van der Waals surface area contributed by atoms with Crippen molar-refractivity contribution in [2.45, 2.75) is 45.8 Å². The van der Waals surface area contributed by atoms with Gasteiger partial charge >= 0.3 is 0 Å². The van der Waals surface area contributed by atoms with Gasteiger partial charge in [-0.1, -0.05) is 38.5 Å². The molecular formula is C15H24FNO. The quantitative estimate of drug-likeness (QED) is 0.763. The maximum atomic E-state index is 13.7. The predicted octanol–water partition coefficient (Wildman–Crippen LogP) is 3.68. The monoisotopic (exact) mass is 253 g/mol. The molecule has 1 aromatic rings. The van der Waals surface area contributed by atoms with E-state index >= 15 is 0 Å². The summed E-state index contributed by atoms with van der Waals surface area (Å²) in [7, 11) is 0. The van der Waals surface area contributed by atoms with Gasteiger partial charge in [0.05, 0.1) is 18.8 Å². The van der Waals surface area contributed by atoms with Crippen molar-refractivity contribution in [2.75, 3.05) is 13.2 Å². The Morgan fingerprint density at radius 1 is 1.28 bits per heavy atom. The Hall–Kier alpha value is -0.930. The summed E-state index contributed by atoms with van der Waals surface area (Å²) in [5.74, 6) is -0.171. The minimum atomic E-state index is -0.171. The highest BCUT2D eigenvalue weighted by Crippen LogP contribution is 2.18. The SMILES string of the molecule is CCCC(C)OCC(NCC)c1ccccc1F. The summed E-state index contributed by atoms with van der Waals surface area (Å²) >= 11 is 0. The number of ether oxygens (including phenoxy) is 1. The summed E-state index contributed by atoms with van der Waals surface area (Å²) in [6.07, 6.45) is 2.37. The van der Waals surface area contributed by atoms with E-state index in [-0.39, 0.29) is 18.0 Å². The number of hydrogen-bond acceptors (Lipinski definition) is 2. The van der Waals surface area contributed by atoms with Crippen molar-refractivity contribution in [2.24, 2.45) is 0 Å². The lowest BCUT2D eigenvalue weighted by atomic mass is 10.1. The molecule has 0 spiro atoms. The van der Waals surface area contributed by atoms with Gasteiger partial charge in [-0.15, -0.1) is 0 Å². The Morgan fingerprint density at radius 3 is 2.61 bits per heavy atom. The Kier molecular flexibility index (Phi) is 6.91. The van der Waals surface area contributed by atoms with Gasteiger partial charge in [0.2, 0.25) is 0 Å². The van der Waals surface area contributed by atoms with Crippen LogP contribution in [-0.2, 0) is 4.74 Å². The molecule has 2 unspecified atom stereocenters. The molecule has 0 amide bonds. The molecule has 1 rings (SSSR count). The van der Waals surface area contributed by atoms with Crippen molar-refractivity contribution in [3.05, 3.63) is 35.6 Å². The van der Waals surface area contributed by atoms with Gasteiger partial charge in [-0.2, -0.15) is 0 Å². The van der Waals surface area contributed by atoms with Crippen molar-refractivity contribution in [1.29, 1.82) is 0 Å². The molecule has 18 heavy (non-hydrogen) atoms. The first-order valence-electron chi connectivity index (χ1n) is 6.78. The van der Waals surface area contributed by atoms with Crippen LogP contribution in [-0.4, -0.2) is 19.3 Å². The van der Waals surface area contributed by atoms with E-state index in [4.69, 9.17) is 4.74 Å². The fraction of sp³-hybridized carbons (Fsp3) is 0.600. The van der Waals surface area contributed by atoms with Gasteiger partial charge in [-0.05, 0) is 26.0 Å². The minimum Gasteiger partial charge on any atom is -0.377 e. The average molecular weight is 253 g/mol. The maximum absolute atomic E-state index is 13.7. The number of nitrogens with one attached hydrogen (secondary N) is 1. The summed E-state index contributed by atoms with van der Waals surface area (Å²) in [6, 6.07) is 6.81. The van der Waals surface area contributed by atoms with E-state index in [2.05, 4.69) is 19.2 Å².